The van der Waals surface area contributed by atoms with Crippen LogP contribution in [0, 0.1) is 11.8 Å². The van der Waals surface area contributed by atoms with Gasteiger partial charge in [0.05, 0.1) is 11.5 Å². The quantitative estimate of drug-likeness (QED) is 0.735. The number of hydrogen-bond donors (Lipinski definition) is 0. The van der Waals surface area contributed by atoms with Crippen molar-refractivity contribution in [2.24, 2.45) is 11.8 Å². The van der Waals surface area contributed by atoms with Crippen molar-refractivity contribution in [2.75, 3.05) is 24.6 Å². The van der Waals surface area contributed by atoms with Crippen molar-refractivity contribution in [1.82, 2.24) is 4.90 Å². The van der Waals surface area contributed by atoms with Crippen molar-refractivity contribution in [3.8, 4) is 0 Å². The second-order valence-corrected chi connectivity index (χ2v) is 9.37. The van der Waals surface area contributed by atoms with Crippen LogP contribution >= 0.6 is 0 Å². The second-order valence-electron chi connectivity index (χ2n) is 7.22. The monoisotopic (exact) mass is 341 g/mol. The Hall–Kier alpha value is -1.85. The molecule has 0 spiro atoms. The Bertz CT molecular complexity index is 1020. The van der Waals surface area contributed by atoms with Crippen molar-refractivity contribution in [1.29, 1.82) is 0 Å². The van der Waals surface area contributed by atoms with Gasteiger partial charge in [-0.2, -0.15) is 0 Å². The van der Waals surface area contributed by atoms with Crippen LogP contribution in [0.3, 0.4) is 0 Å². The molecule has 0 N–H and O–H groups in total. The summed E-state index contributed by atoms with van der Waals surface area (Å²) in [7, 11) is -2.70. The van der Waals surface area contributed by atoms with Crippen molar-refractivity contribution in [3.63, 3.8) is 0 Å². The van der Waals surface area contributed by atoms with Crippen LogP contribution in [0.1, 0.15) is 5.56 Å². The number of hydrogen-bond acceptors (Lipinski definition) is 4. The normalized spacial score (nSPS) is 21.8. The first-order valence-electron chi connectivity index (χ1n) is 8.40. The first-order valence-corrected chi connectivity index (χ1v) is 10.2. The summed E-state index contributed by atoms with van der Waals surface area (Å²) >= 11 is 0. The molecule has 3 heterocycles. The smallest absolute Gasteiger partial charge is 0.150 e. The lowest BCUT2D eigenvalue weighted by atomic mass is 9.87. The van der Waals surface area contributed by atoms with Crippen LogP contribution in [-0.4, -0.2) is 37.9 Å². The van der Waals surface area contributed by atoms with Crippen molar-refractivity contribution < 1.29 is 12.8 Å². The maximum absolute atomic E-state index is 11.3. The van der Waals surface area contributed by atoms with Gasteiger partial charge in [-0.25, -0.2) is 8.42 Å². The minimum absolute atomic E-state index is 0.395. The van der Waals surface area contributed by atoms with E-state index in [9.17, 15) is 8.42 Å². The Balaban J connectivity index is 1.31. The molecular formula is C19H19NO3S. The number of fused-ring (bicyclic) bond motifs is 3. The van der Waals surface area contributed by atoms with Gasteiger partial charge in [0.25, 0.3) is 0 Å². The summed E-state index contributed by atoms with van der Waals surface area (Å²) in [6, 6.07) is 14.5. The lowest BCUT2D eigenvalue weighted by Crippen LogP contribution is -2.55. The summed E-state index contributed by atoms with van der Waals surface area (Å²) < 4.78 is 28.5. The van der Waals surface area contributed by atoms with Gasteiger partial charge >= 0.3 is 0 Å². The molecule has 0 radical (unpaired) electrons. The van der Waals surface area contributed by atoms with Gasteiger partial charge in [-0.15, -0.1) is 0 Å². The van der Waals surface area contributed by atoms with E-state index < -0.39 is 9.84 Å². The highest BCUT2D eigenvalue weighted by Crippen LogP contribution is 2.34. The molecular weight excluding hydrogens is 322 g/mol. The van der Waals surface area contributed by atoms with Crippen molar-refractivity contribution in [3.05, 3.63) is 48.0 Å². The molecule has 2 fully saturated rings. The molecule has 0 atom stereocenters. The molecule has 2 aromatic carbocycles. The lowest BCUT2D eigenvalue weighted by Gasteiger charge is -2.46. The molecule has 2 aliphatic rings. The zero-order valence-corrected chi connectivity index (χ0v) is 14.1. The lowest BCUT2D eigenvalue weighted by molar-refractivity contribution is 0.0590. The SMILES string of the molecule is O=S1(=O)CC(C2CN(Cc3ccc4oc5ccccc5c4c3)C2)C1. The third-order valence-electron chi connectivity index (χ3n) is 5.44. The number of nitrogens with zero attached hydrogens (tertiary/aromatic N) is 1. The summed E-state index contributed by atoms with van der Waals surface area (Å²) in [5.74, 6) is 1.76. The zero-order chi connectivity index (χ0) is 16.3. The summed E-state index contributed by atoms with van der Waals surface area (Å²) in [6.45, 7) is 2.96. The summed E-state index contributed by atoms with van der Waals surface area (Å²) in [6.07, 6.45) is 0. The van der Waals surface area contributed by atoms with Gasteiger partial charge in [0, 0.05) is 30.4 Å². The molecule has 5 rings (SSSR count). The maximum Gasteiger partial charge on any atom is 0.150 e. The average molecular weight is 341 g/mol. The molecule has 2 saturated heterocycles. The number of furan rings is 1. The molecule has 0 amide bonds. The van der Waals surface area contributed by atoms with Gasteiger partial charge in [0.2, 0.25) is 0 Å². The standard InChI is InChI=1S/C19H19NO3S/c21-24(22)11-15(12-24)14-9-20(10-14)8-13-5-6-19-17(7-13)16-3-1-2-4-18(16)23-19/h1-7,14-15H,8-12H2. The fourth-order valence-corrected chi connectivity index (χ4v) is 5.79. The minimum Gasteiger partial charge on any atom is -0.456 e. The van der Waals surface area contributed by atoms with E-state index in [4.69, 9.17) is 4.42 Å². The highest BCUT2D eigenvalue weighted by molar-refractivity contribution is 7.92. The van der Waals surface area contributed by atoms with Gasteiger partial charge in [-0.05, 0) is 35.6 Å². The zero-order valence-electron chi connectivity index (χ0n) is 13.3. The first-order chi connectivity index (χ1) is 11.6. The van der Waals surface area contributed by atoms with Crippen LogP contribution in [0.25, 0.3) is 21.9 Å². The van der Waals surface area contributed by atoms with Gasteiger partial charge < -0.3 is 4.42 Å². The topological polar surface area (TPSA) is 50.5 Å². The fourth-order valence-electron chi connectivity index (χ4n) is 4.04. The summed E-state index contributed by atoms with van der Waals surface area (Å²) in [5.41, 5.74) is 3.15. The van der Waals surface area contributed by atoms with Gasteiger partial charge in [0.15, 0.2) is 9.84 Å². The molecule has 5 heteroatoms. The third kappa shape index (κ3) is 2.34. The van der Waals surface area contributed by atoms with Gasteiger partial charge in [-0.1, -0.05) is 24.3 Å². The first kappa shape index (κ1) is 14.5. The number of benzene rings is 2. The van der Waals surface area contributed by atoms with E-state index in [1.165, 1.54) is 10.9 Å². The van der Waals surface area contributed by atoms with Crippen LogP contribution < -0.4 is 0 Å². The number of para-hydroxylation sites is 1. The van der Waals surface area contributed by atoms with E-state index in [-0.39, 0.29) is 0 Å². The molecule has 1 aromatic heterocycles. The molecule has 0 saturated carbocycles. The second kappa shape index (κ2) is 5.07. The Morgan fingerprint density at radius 1 is 0.958 bits per heavy atom. The minimum atomic E-state index is -2.70. The number of sulfone groups is 1. The third-order valence-corrected chi connectivity index (χ3v) is 7.31. The van der Waals surface area contributed by atoms with Crippen molar-refractivity contribution >= 4 is 31.8 Å². The van der Waals surface area contributed by atoms with E-state index in [0.717, 1.165) is 36.2 Å². The predicted octanol–water partition coefficient (Wildman–Crippen LogP) is 3.06. The largest absolute Gasteiger partial charge is 0.456 e. The summed E-state index contributed by atoms with van der Waals surface area (Å²) in [5, 5.41) is 2.33. The van der Waals surface area contributed by atoms with Crippen LogP contribution in [0.2, 0.25) is 0 Å². The predicted molar refractivity (Wildman–Crippen MR) is 94.6 cm³/mol. The van der Waals surface area contributed by atoms with E-state index in [0.29, 0.717) is 23.3 Å². The molecule has 2 aliphatic heterocycles. The Labute approximate surface area is 141 Å². The molecule has 24 heavy (non-hydrogen) atoms. The van der Waals surface area contributed by atoms with E-state index in [1.54, 1.807) is 0 Å². The molecule has 0 bridgehead atoms. The fraction of sp³-hybridized carbons (Fsp3) is 0.368. The van der Waals surface area contributed by atoms with E-state index in [2.05, 4.69) is 29.2 Å². The Kier molecular flexibility index (Phi) is 3.06. The molecule has 3 aromatic rings. The van der Waals surface area contributed by atoms with Gasteiger partial charge in [0.1, 0.15) is 11.2 Å². The molecule has 124 valence electrons. The Morgan fingerprint density at radius 2 is 1.71 bits per heavy atom. The molecule has 0 unspecified atom stereocenters. The highest BCUT2D eigenvalue weighted by atomic mass is 32.2. The Morgan fingerprint density at radius 3 is 2.50 bits per heavy atom. The van der Waals surface area contributed by atoms with Crippen LogP contribution in [0.15, 0.2) is 46.9 Å². The van der Waals surface area contributed by atoms with Crippen molar-refractivity contribution in [2.45, 2.75) is 6.54 Å². The van der Waals surface area contributed by atoms with Crippen LogP contribution in [0.5, 0.6) is 0 Å². The number of rotatable bonds is 3. The van der Waals surface area contributed by atoms with E-state index in [1.807, 2.05) is 18.2 Å². The highest BCUT2D eigenvalue weighted by Gasteiger charge is 2.43. The van der Waals surface area contributed by atoms with Crippen LogP contribution in [0.4, 0.5) is 0 Å². The number of likely N-dealkylation sites (tertiary alicyclic amines) is 1. The van der Waals surface area contributed by atoms with E-state index >= 15 is 0 Å². The van der Waals surface area contributed by atoms with Crippen LogP contribution in [-0.2, 0) is 16.4 Å². The maximum atomic E-state index is 11.3. The molecule has 4 nitrogen and oxygen atoms in total. The summed E-state index contributed by atoms with van der Waals surface area (Å²) in [4.78, 5) is 2.40. The van der Waals surface area contributed by atoms with Gasteiger partial charge in [-0.3, -0.25) is 4.90 Å². The average Bonchev–Trinajstić information content (AvgIpc) is 2.86. The molecule has 0 aliphatic carbocycles.